The molecule has 2 N–H and O–H groups in total. The average molecular weight is 374 g/mol. The van der Waals surface area contributed by atoms with E-state index in [9.17, 15) is 13.2 Å². The molecule has 0 aromatic heterocycles. The van der Waals surface area contributed by atoms with Crippen molar-refractivity contribution in [3.05, 3.63) is 59.7 Å². The van der Waals surface area contributed by atoms with E-state index in [-0.39, 0.29) is 10.8 Å². The number of hydrogen-bond donors (Lipinski definition) is 2. The number of allylic oxidation sites excluding steroid dienone is 1. The fourth-order valence-corrected chi connectivity index (χ4v) is 3.68. The minimum absolute atomic E-state index is 0.0819. The number of anilines is 2. The molecule has 138 valence electrons. The van der Waals surface area contributed by atoms with Crippen molar-refractivity contribution in [1.82, 2.24) is 0 Å². The number of aryl methyl sites for hydroxylation is 1. The van der Waals surface area contributed by atoms with Gasteiger partial charge in [-0.25, -0.2) is 8.42 Å². The van der Waals surface area contributed by atoms with Gasteiger partial charge in [-0.2, -0.15) is 0 Å². The highest BCUT2D eigenvalue weighted by Gasteiger charge is 2.19. The average Bonchev–Trinajstić information content (AvgIpc) is 2.56. The van der Waals surface area contributed by atoms with Crippen LogP contribution in [0.5, 0.6) is 5.75 Å². The molecule has 0 saturated carbocycles. The third-order valence-corrected chi connectivity index (χ3v) is 5.02. The molecule has 0 atom stereocenters. The molecule has 7 heteroatoms. The van der Waals surface area contributed by atoms with Crippen molar-refractivity contribution in [2.24, 2.45) is 0 Å². The second-order valence-electron chi connectivity index (χ2n) is 6.00. The first kappa shape index (κ1) is 19.5. The number of ether oxygens (including phenoxy) is 1. The topological polar surface area (TPSA) is 84.5 Å². The van der Waals surface area contributed by atoms with E-state index in [1.54, 1.807) is 43.3 Å². The number of hydrogen-bond acceptors (Lipinski definition) is 4. The molecule has 0 radical (unpaired) electrons. The van der Waals surface area contributed by atoms with Crippen LogP contribution in [-0.4, -0.2) is 21.4 Å². The van der Waals surface area contributed by atoms with Crippen LogP contribution in [-0.2, 0) is 14.8 Å². The Labute approximate surface area is 153 Å². The summed E-state index contributed by atoms with van der Waals surface area (Å²) in [6.45, 7) is 5.31. The van der Waals surface area contributed by atoms with E-state index in [1.165, 1.54) is 19.3 Å². The van der Waals surface area contributed by atoms with Gasteiger partial charge in [0.05, 0.1) is 17.7 Å². The van der Waals surface area contributed by atoms with Crippen molar-refractivity contribution in [1.29, 1.82) is 0 Å². The molecule has 1 amide bonds. The van der Waals surface area contributed by atoms with Crippen molar-refractivity contribution in [2.75, 3.05) is 17.1 Å². The predicted molar refractivity (Wildman–Crippen MR) is 103 cm³/mol. The number of carbonyl (C=O) groups excluding carboxylic acids is 1. The maximum atomic E-state index is 12.8. The summed E-state index contributed by atoms with van der Waals surface area (Å²) in [4.78, 5) is 12.0. The highest BCUT2D eigenvalue weighted by atomic mass is 32.2. The molecule has 26 heavy (non-hydrogen) atoms. The molecule has 0 heterocycles. The van der Waals surface area contributed by atoms with E-state index in [1.807, 2.05) is 13.8 Å². The largest absolute Gasteiger partial charge is 0.495 e. The standard InChI is InChI=1S/C19H22N2O4S/c1-13(2)11-19(22)20-15-10-9-14(3)18(12-15)26(23,24)21-16-7-5-6-8-17(16)25-4/h5-12,21H,1-4H3,(H,20,22). The minimum Gasteiger partial charge on any atom is -0.495 e. The Kier molecular flexibility index (Phi) is 6.05. The number of methoxy groups -OCH3 is 1. The van der Waals surface area contributed by atoms with Crippen LogP contribution in [0.15, 0.2) is 59.0 Å². The summed E-state index contributed by atoms with van der Waals surface area (Å²) < 4.78 is 33.3. The van der Waals surface area contributed by atoms with Gasteiger partial charge in [0.2, 0.25) is 5.91 Å². The van der Waals surface area contributed by atoms with Crippen LogP contribution in [0, 0.1) is 6.92 Å². The zero-order valence-corrected chi connectivity index (χ0v) is 16.0. The lowest BCUT2D eigenvalue weighted by atomic mass is 10.2. The summed E-state index contributed by atoms with van der Waals surface area (Å²) >= 11 is 0. The SMILES string of the molecule is COc1ccccc1NS(=O)(=O)c1cc(NC(=O)C=C(C)C)ccc1C. The Bertz CT molecular complexity index is 946. The number of amides is 1. The predicted octanol–water partition coefficient (Wildman–Crippen LogP) is 3.71. The summed E-state index contributed by atoms with van der Waals surface area (Å²) in [6.07, 6.45) is 1.45. The van der Waals surface area contributed by atoms with Gasteiger partial charge in [0.15, 0.2) is 0 Å². The zero-order chi connectivity index (χ0) is 19.3. The molecule has 6 nitrogen and oxygen atoms in total. The number of para-hydroxylation sites is 2. The van der Waals surface area contributed by atoms with Crippen LogP contribution in [0.1, 0.15) is 19.4 Å². The van der Waals surface area contributed by atoms with E-state index in [4.69, 9.17) is 4.74 Å². The second-order valence-corrected chi connectivity index (χ2v) is 7.65. The minimum atomic E-state index is -3.85. The Morgan fingerprint density at radius 3 is 2.46 bits per heavy atom. The van der Waals surface area contributed by atoms with Crippen LogP contribution in [0.4, 0.5) is 11.4 Å². The maximum Gasteiger partial charge on any atom is 0.262 e. The smallest absolute Gasteiger partial charge is 0.262 e. The molecule has 0 fully saturated rings. The first-order valence-corrected chi connectivity index (χ1v) is 9.43. The number of carbonyl (C=O) groups is 1. The Morgan fingerprint density at radius 2 is 1.81 bits per heavy atom. The molecule has 0 spiro atoms. The molecule has 0 aliphatic rings. The summed E-state index contributed by atoms with van der Waals surface area (Å²) in [7, 11) is -2.38. The highest BCUT2D eigenvalue weighted by Crippen LogP contribution is 2.28. The molecule has 2 aromatic carbocycles. The van der Waals surface area contributed by atoms with Gasteiger partial charge in [-0.15, -0.1) is 0 Å². The zero-order valence-electron chi connectivity index (χ0n) is 15.2. The van der Waals surface area contributed by atoms with Gasteiger partial charge in [-0.3, -0.25) is 9.52 Å². The molecular weight excluding hydrogens is 352 g/mol. The number of nitrogens with one attached hydrogen (secondary N) is 2. The monoisotopic (exact) mass is 374 g/mol. The van der Waals surface area contributed by atoms with Gasteiger partial charge in [-0.1, -0.05) is 23.8 Å². The third-order valence-electron chi connectivity index (χ3n) is 3.52. The molecule has 0 aliphatic carbocycles. The van der Waals surface area contributed by atoms with Crippen LogP contribution in [0.25, 0.3) is 0 Å². The second kappa shape index (κ2) is 8.05. The summed E-state index contributed by atoms with van der Waals surface area (Å²) in [5, 5.41) is 2.67. The van der Waals surface area contributed by atoms with Crippen molar-refractivity contribution in [2.45, 2.75) is 25.7 Å². The maximum absolute atomic E-state index is 12.8. The number of rotatable bonds is 6. The fraction of sp³-hybridized carbons (Fsp3) is 0.211. The highest BCUT2D eigenvalue weighted by molar-refractivity contribution is 7.92. The van der Waals surface area contributed by atoms with Gasteiger partial charge in [0, 0.05) is 11.8 Å². The van der Waals surface area contributed by atoms with Gasteiger partial charge >= 0.3 is 0 Å². The molecule has 2 rings (SSSR count). The van der Waals surface area contributed by atoms with E-state index >= 15 is 0 Å². The fourth-order valence-electron chi connectivity index (χ4n) is 2.34. The Hall–Kier alpha value is -2.80. The van der Waals surface area contributed by atoms with Gasteiger partial charge < -0.3 is 10.1 Å². The molecule has 0 saturated heterocycles. The number of benzene rings is 2. The number of sulfonamides is 1. The van der Waals surface area contributed by atoms with Crippen molar-refractivity contribution in [3.63, 3.8) is 0 Å². The Balaban J connectivity index is 2.35. The van der Waals surface area contributed by atoms with Crippen LogP contribution >= 0.6 is 0 Å². The summed E-state index contributed by atoms with van der Waals surface area (Å²) in [5.74, 6) is 0.108. The molecular formula is C19H22N2O4S. The van der Waals surface area contributed by atoms with Crippen LogP contribution < -0.4 is 14.8 Å². The van der Waals surface area contributed by atoms with E-state index in [2.05, 4.69) is 10.0 Å². The lowest BCUT2D eigenvalue weighted by Crippen LogP contribution is -2.16. The van der Waals surface area contributed by atoms with E-state index in [0.717, 1.165) is 5.57 Å². The molecule has 0 unspecified atom stereocenters. The van der Waals surface area contributed by atoms with Crippen molar-refractivity contribution < 1.29 is 17.9 Å². The third kappa shape index (κ3) is 4.86. The first-order chi connectivity index (χ1) is 12.2. The quantitative estimate of drug-likeness (QED) is 0.755. The van der Waals surface area contributed by atoms with Gasteiger partial charge in [0.1, 0.15) is 5.75 Å². The van der Waals surface area contributed by atoms with E-state index < -0.39 is 10.0 Å². The molecule has 2 aromatic rings. The van der Waals surface area contributed by atoms with Crippen molar-refractivity contribution >= 4 is 27.3 Å². The molecule has 0 aliphatic heterocycles. The van der Waals surface area contributed by atoms with Crippen molar-refractivity contribution in [3.8, 4) is 5.75 Å². The normalized spacial score (nSPS) is 10.8. The summed E-state index contributed by atoms with van der Waals surface area (Å²) in [5.41, 5.74) is 2.15. The summed E-state index contributed by atoms with van der Waals surface area (Å²) in [6, 6.07) is 11.5. The van der Waals surface area contributed by atoms with Crippen LogP contribution in [0.3, 0.4) is 0 Å². The van der Waals surface area contributed by atoms with Gasteiger partial charge in [-0.05, 0) is 50.6 Å². The lowest BCUT2D eigenvalue weighted by Gasteiger charge is -2.14. The Morgan fingerprint density at radius 1 is 1.12 bits per heavy atom. The lowest BCUT2D eigenvalue weighted by molar-refractivity contribution is -0.111. The van der Waals surface area contributed by atoms with E-state index in [0.29, 0.717) is 22.7 Å². The van der Waals surface area contributed by atoms with Gasteiger partial charge in [0.25, 0.3) is 10.0 Å². The first-order valence-electron chi connectivity index (χ1n) is 7.95. The van der Waals surface area contributed by atoms with Crippen LogP contribution in [0.2, 0.25) is 0 Å². The molecule has 0 bridgehead atoms.